The molecular weight excluding hydrogens is 543 g/mol. The van der Waals surface area contributed by atoms with Crippen molar-refractivity contribution in [3.63, 3.8) is 0 Å². The Bertz CT molecular complexity index is 1320. The Balaban J connectivity index is 1.36. The Morgan fingerprint density at radius 2 is 1.85 bits per heavy atom. The number of carbonyl (C=O) groups is 2. The predicted molar refractivity (Wildman–Crippen MR) is 134 cm³/mol. The average molecular weight is 566 g/mol. The summed E-state index contributed by atoms with van der Waals surface area (Å²) in [7, 11) is 1.39. The Kier molecular flexibility index (Phi) is 8.41. The van der Waals surface area contributed by atoms with E-state index in [0.29, 0.717) is 11.3 Å². The third-order valence-corrected chi connectivity index (χ3v) is 6.00. The van der Waals surface area contributed by atoms with E-state index in [2.05, 4.69) is 25.9 Å². The minimum absolute atomic E-state index is 0.0260. The lowest BCUT2D eigenvalue weighted by Crippen LogP contribution is -2.59. The minimum Gasteiger partial charge on any atom is -0.467 e. The number of methoxy groups -OCH3 is 1. The SMILES string of the molecule is COc1ncc(OC(=O)N[C@@]2(C(=O)NCc3ccc(Nc4ccc(Cl)cc4C(F)(F)F)cc3)CCOC2)cn1. The van der Waals surface area contributed by atoms with Gasteiger partial charge in [-0.05, 0) is 35.9 Å². The molecule has 0 bridgehead atoms. The number of amides is 2. The van der Waals surface area contributed by atoms with Gasteiger partial charge in [0.25, 0.3) is 0 Å². The van der Waals surface area contributed by atoms with Crippen LogP contribution in [0.25, 0.3) is 0 Å². The van der Waals surface area contributed by atoms with Crippen molar-refractivity contribution in [2.24, 2.45) is 0 Å². The van der Waals surface area contributed by atoms with Crippen LogP contribution in [0.4, 0.5) is 29.3 Å². The van der Waals surface area contributed by atoms with Crippen LogP contribution < -0.4 is 25.4 Å². The normalized spacial score (nSPS) is 16.8. The van der Waals surface area contributed by atoms with Crippen LogP contribution in [0.3, 0.4) is 0 Å². The molecule has 1 aliphatic heterocycles. The van der Waals surface area contributed by atoms with Crippen LogP contribution >= 0.6 is 11.6 Å². The molecule has 1 aliphatic rings. The second kappa shape index (κ2) is 11.7. The van der Waals surface area contributed by atoms with Crippen molar-refractivity contribution in [3.8, 4) is 11.8 Å². The minimum atomic E-state index is -4.58. The molecule has 2 aromatic carbocycles. The molecule has 3 N–H and O–H groups in total. The number of nitrogens with zero attached hydrogens (tertiary/aromatic N) is 2. The number of ether oxygens (including phenoxy) is 3. The molecule has 1 saturated heterocycles. The summed E-state index contributed by atoms with van der Waals surface area (Å²) in [5.74, 6) is -0.432. The maximum atomic E-state index is 13.4. The first kappa shape index (κ1) is 27.9. The molecule has 0 saturated carbocycles. The first-order valence-corrected chi connectivity index (χ1v) is 11.9. The maximum Gasteiger partial charge on any atom is 0.418 e. The number of halogens is 4. The zero-order valence-corrected chi connectivity index (χ0v) is 21.2. The fourth-order valence-corrected chi connectivity index (χ4v) is 3.93. The Hall–Kier alpha value is -4.10. The Morgan fingerprint density at radius 3 is 2.46 bits per heavy atom. The Labute approximate surface area is 225 Å². The van der Waals surface area contributed by atoms with Crippen LogP contribution in [-0.4, -0.2) is 47.8 Å². The van der Waals surface area contributed by atoms with Crippen molar-refractivity contribution in [1.29, 1.82) is 0 Å². The molecular formula is C25H23ClF3N5O5. The highest BCUT2D eigenvalue weighted by Gasteiger charge is 2.44. The number of anilines is 2. The van der Waals surface area contributed by atoms with E-state index in [9.17, 15) is 22.8 Å². The smallest absolute Gasteiger partial charge is 0.418 e. The van der Waals surface area contributed by atoms with Crippen molar-refractivity contribution < 1.29 is 37.0 Å². The van der Waals surface area contributed by atoms with Gasteiger partial charge in [-0.25, -0.2) is 4.79 Å². The lowest BCUT2D eigenvalue weighted by atomic mass is 9.97. The predicted octanol–water partition coefficient (Wildman–Crippen LogP) is 4.46. The summed E-state index contributed by atoms with van der Waals surface area (Å²) in [5.41, 5.74) is -1.30. The van der Waals surface area contributed by atoms with Gasteiger partial charge >= 0.3 is 18.3 Å². The highest BCUT2D eigenvalue weighted by Crippen LogP contribution is 2.37. The molecule has 0 unspecified atom stereocenters. The number of hydrogen-bond donors (Lipinski definition) is 3. The third kappa shape index (κ3) is 7.06. The van der Waals surface area contributed by atoms with Crippen LogP contribution in [0, 0.1) is 0 Å². The summed E-state index contributed by atoms with van der Waals surface area (Å²) >= 11 is 5.73. The van der Waals surface area contributed by atoms with E-state index in [1.165, 1.54) is 31.6 Å². The summed E-state index contributed by atoms with van der Waals surface area (Å²) in [4.78, 5) is 33.2. The summed E-state index contributed by atoms with van der Waals surface area (Å²) in [5, 5.41) is 8.03. The monoisotopic (exact) mass is 565 g/mol. The molecule has 0 radical (unpaired) electrons. The fourth-order valence-electron chi connectivity index (χ4n) is 3.76. The van der Waals surface area contributed by atoms with Crippen molar-refractivity contribution in [2.45, 2.75) is 24.7 Å². The average Bonchev–Trinajstić information content (AvgIpc) is 3.38. The van der Waals surface area contributed by atoms with Gasteiger partial charge in [0, 0.05) is 30.3 Å². The summed E-state index contributed by atoms with van der Waals surface area (Å²) < 4.78 is 55.4. The van der Waals surface area contributed by atoms with Gasteiger partial charge in [0.1, 0.15) is 5.54 Å². The van der Waals surface area contributed by atoms with Crippen LogP contribution in [0.2, 0.25) is 5.02 Å². The molecule has 206 valence electrons. The van der Waals surface area contributed by atoms with Crippen molar-refractivity contribution in [2.75, 3.05) is 25.6 Å². The number of nitrogens with one attached hydrogen (secondary N) is 3. The third-order valence-electron chi connectivity index (χ3n) is 5.77. The van der Waals surface area contributed by atoms with Crippen LogP contribution in [0.15, 0.2) is 54.9 Å². The van der Waals surface area contributed by atoms with Crippen molar-refractivity contribution in [1.82, 2.24) is 20.6 Å². The van der Waals surface area contributed by atoms with Crippen molar-refractivity contribution >= 4 is 35.0 Å². The largest absolute Gasteiger partial charge is 0.467 e. The lowest BCUT2D eigenvalue weighted by molar-refractivity contribution is -0.137. The van der Waals surface area contributed by atoms with Gasteiger partial charge in [0.05, 0.1) is 37.4 Å². The van der Waals surface area contributed by atoms with E-state index >= 15 is 0 Å². The van der Waals surface area contributed by atoms with E-state index in [-0.39, 0.29) is 48.6 Å². The topological polar surface area (TPSA) is 124 Å². The van der Waals surface area contributed by atoms with Gasteiger partial charge in [-0.15, -0.1) is 0 Å². The van der Waals surface area contributed by atoms with E-state index in [4.69, 9.17) is 25.8 Å². The Morgan fingerprint density at radius 1 is 1.13 bits per heavy atom. The lowest BCUT2D eigenvalue weighted by Gasteiger charge is -2.27. The van der Waals surface area contributed by atoms with E-state index in [1.807, 2.05) is 0 Å². The van der Waals surface area contributed by atoms with Crippen LogP contribution in [0.5, 0.6) is 11.8 Å². The summed E-state index contributed by atoms with van der Waals surface area (Å²) in [6.45, 7) is 0.293. The van der Waals surface area contributed by atoms with Gasteiger partial charge in [-0.3, -0.25) is 4.79 Å². The van der Waals surface area contributed by atoms with Gasteiger partial charge in [0.2, 0.25) is 5.91 Å². The van der Waals surface area contributed by atoms with Gasteiger partial charge < -0.3 is 30.2 Å². The molecule has 0 spiro atoms. The number of hydrogen-bond acceptors (Lipinski definition) is 8. The number of benzene rings is 2. The second-order valence-electron chi connectivity index (χ2n) is 8.50. The second-order valence-corrected chi connectivity index (χ2v) is 8.93. The first-order chi connectivity index (χ1) is 18.6. The van der Waals surface area contributed by atoms with Crippen LogP contribution in [0.1, 0.15) is 17.5 Å². The molecule has 1 fully saturated rings. The highest BCUT2D eigenvalue weighted by molar-refractivity contribution is 6.30. The molecule has 4 rings (SSSR count). The zero-order chi connectivity index (χ0) is 28.0. The number of rotatable bonds is 8. The fraction of sp³-hybridized carbons (Fsp3) is 0.280. The van der Waals surface area contributed by atoms with E-state index < -0.39 is 29.3 Å². The van der Waals surface area contributed by atoms with Gasteiger partial charge in [-0.2, -0.15) is 23.1 Å². The molecule has 14 heteroatoms. The first-order valence-electron chi connectivity index (χ1n) is 11.5. The molecule has 1 aromatic heterocycles. The number of carbonyl (C=O) groups excluding carboxylic acids is 2. The quantitative estimate of drug-likeness (QED) is 0.366. The molecule has 2 heterocycles. The van der Waals surface area contributed by atoms with Gasteiger partial charge in [-0.1, -0.05) is 23.7 Å². The van der Waals surface area contributed by atoms with E-state index in [0.717, 1.165) is 6.07 Å². The molecule has 39 heavy (non-hydrogen) atoms. The molecule has 0 aliphatic carbocycles. The maximum absolute atomic E-state index is 13.4. The van der Waals surface area contributed by atoms with Crippen molar-refractivity contribution in [3.05, 3.63) is 71.0 Å². The summed E-state index contributed by atoms with van der Waals surface area (Å²) in [6, 6.07) is 10.0. The van der Waals surface area contributed by atoms with E-state index in [1.54, 1.807) is 24.3 Å². The molecule has 2 amide bonds. The molecule has 3 aromatic rings. The highest BCUT2D eigenvalue weighted by atomic mass is 35.5. The van der Waals surface area contributed by atoms with Gasteiger partial charge in [0.15, 0.2) is 5.75 Å². The number of aromatic nitrogens is 2. The van der Waals surface area contributed by atoms with Crippen LogP contribution in [-0.2, 0) is 22.3 Å². The zero-order valence-electron chi connectivity index (χ0n) is 20.5. The number of alkyl halides is 3. The summed E-state index contributed by atoms with van der Waals surface area (Å²) in [6.07, 6.45) is -2.75. The standard InChI is InChI=1S/C25H23ClF3N5O5/c1-37-22-31-12-18(13-32-22)39-23(36)34-24(8-9-38-14-24)21(35)30-11-15-2-5-17(6-3-15)33-20-7-4-16(26)10-19(20)25(27,28)29/h2-7,10,12-13,33H,8-9,11,14H2,1H3,(H,30,35)(H,34,36)/t24-/m0/s1. The molecule has 10 nitrogen and oxygen atoms in total. The molecule has 1 atom stereocenters.